The summed E-state index contributed by atoms with van der Waals surface area (Å²) >= 11 is 0. The quantitative estimate of drug-likeness (QED) is 0.627. The van der Waals surface area contributed by atoms with Crippen molar-refractivity contribution in [3.05, 3.63) is 45.6 Å². The minimum Gasteiger partial charge on any atom is -0.495 e. The Kier molecular flexibility index (Phi) is 4.88. The van der Waals surface area contributed by atoms with Gasteiger partial charge in [0, 0.05) is 23.0 Å². The number of fused-ring (bicyclic) bond motifs is 1. The van der Waals surface area contributed by atoms with Crippen LogP contribution in [0.25, 0.3) is 11.1 Å². The Balaban J connectivity index is 1.74. The third-order valence-corrected chi connectivity index (χ3v) is 6.35. The normalized spacial score (nSPS) is 15.4. The van der Waals surface area contributed by atoms with E-state index in [-0.39, 0.29) is 28.6 Å². The van der Waals surface area contributed by atoms with Gasteiger partial charge in [0.2, 0.25) is 5.58 Å². The van der Waals surface area contributed by atoms with Crippen molar-refractivity contribution in [2.45, 2.75) is 42.9 Å². The van der Waals surface area contributed by atoms with E-state index in [4.69, 9.17) is 19.9 Å². The summed E-state index contributed by atoms with van der Waals surface area (Å²) in [6.07, 6.45) is 4.46. The third-order valence-electron chi connectivity index (χ3n) is 5.01. The lowest BCUT2D eigenvalue weighted by Gasteiger charge is -2.08. The Hall–Kier alpha value is -2.39. The Morgan fingerprint density at radius 1 is 1.32 bits per heavy atom. The number of hydrogen-bond donors (Lipinski definition) is 1. The van der Waals surface area contributed by atoms with Crippen LogP contribution in [0.3, 0.4) is 0 Å². The van der Waals surface area contributed by atoms with Crippen LogP contribution in [0.1, 0.15) is 48.7 Å². The molecule has 1 aliphatic carbocycles. The zero-order valence-electron chi connectivity index (χ0n) is 15.1. The second-order valence-electron chi connectivity index (χ2n) is 6.84. The first-order chi connectivity index (χ1) is 13.4. The molecule has 1 saturated carbocycles. The van der Waals surface area contributed by atoms with Crippen LogP contribution in [0.4, 0.5) is 0 Å². The highest BCUT2D eigenvalue weighted by Gasteiger charge is 2.25. The SMILES string of the molecule is COc1ccc(Cc2nc3c(C4CCCC4)noc3c(=O)[nH]2)cc1S(=O)(=O)Cl. The molecule has 1 aliphatic rings. The van der Waals surface area contributed by atoms with Crippen LogP contribution in [0.5, 0.6) is 5.75 Å². The van der Waals surface area contributed by atoms with Crippen molar-refractivity contribution < 1.29 is 17.7 Å². The topological polar surface area (TPSA) is 115 Å². The van der Waals surface area contributed by atoms with Crippen molar-refractivity contribution in [3.8, 4) is 5.75 Å². The summed E-state index contributed by atoms with van der Waals surface area (Å²) in [5, 5.41) is 4.08. The predicted octanol–water partition coefficient (Wildman–Crippen LogP) is 3.10. The lowest BCUT2D eigenvalue weighted by Crippen LogP contribution is -2.12. The molecule has 3 aromatic rings. The van der Waals surface area contributed by atoms with Gasteiger partial charge in [-0.15, -0.1) is 0 Å². The van der Waals surface area contributed by atoms with Gasteiger partial charge in [-0.2, -0.15) is 0 Å². The Morgan fingerprint density at radius 2 is 2.07 bits per heavy atom. The largest absolute Gasteiger partial charge is 0.495 e. The van der Waals surface area contributed by atoms with E-state index in [1.807, 2.05) is 0 Å². The fourth-order valence-corrected chi connectivity index (χ4v) is 4.72. The maximum absolute atomic E-state index is 12.4. The Morgan fingerprint density at radius 3 is 2.75 bits per heavy atom. The number of H-pyrrole nitrogens is 1. The number of nitrogens with zero attached hydrogens (tertiary/aromatic N) is 2. The first kappa shape index (κ1) is 18.9. The van der Waals surface area contributed by atoms with Crippen LogP contribution in [0, 0.1) is 0 Å². The standard InChI is InChI=1S/C18H18ClN3O5S/c1-26-12-7-6-10(8-13(12)28(19,24)25)9-14-20-16-15(11-4-2-3-5-11)22-27-17(16)18(23)21-14/h6-8,11H,2-5,9H2,1H3,(H,20,21,23). The average molecular weight is 424 g/mol. The molecule has 0 amide bonds. The molecule has 0 bridgehead atoms. The maximum atomic E-state index is 12.4. The van der Waals surface area contributed by atoms with Crippen molar-refractivity contribution >= 4 is 30.8 Å². The number of benzene rings is 1. The number of nitrogens with one attached hydrogen (secondary N) is 1. The van der Waals surface area contributed by atoms with Crippen molar-refractivity contribution in [1.82, 2.24) is 15.1 Å². The summed E-state index contributed by atoms with van der Waals surface area (Å²) in [6, 6.07) is 4.63. The van der Waals surface area contributed by atoms with Gasteiger partial charge in [0.05, 0.1) is 7.11 Å². The molecule has 2 heterocycles. The molecule has 0 unspecified atom stereocenters. The summed E-state index contributed by atoms with van der Waals surface area (Å²) in [5.74, 6) is 0.790. The summed E-state index contributed by atoms with van der Waals surface area (Å²) < 4.78 is 33.9. The molecule has 10 heteroatoms. The van der Waals surface area contributed by atoms with Crippen LogP contribution in [0.2, 0.25) is 0 Å². The van der Waals surface area contributed by atoms with Gasteiger partial charge in [-0.25, -0.2) is 13.4 Å². The maximum Gasteiger partial charge on any atom is 0.297 e. The molecule has 148 valence electrons. The van der Waals surface area contributed by atoms with E-state index >= 15 is 0 Å². The van der Waals surface area contributed by atoms with Gasteiger partial charge in [0.25, 0.3) is 14.6 Å². The van der Waals surface area contributed by atoms with Gasteiger partial charge in [-0.1, -0.05) is 24.1 Å². The monoisotopic (exact) mass is 423 g/mol. The zero-order valence-corrected chi connectivity index (χ0v) is 16.6. The van der Waals surface area contributed by atoms with Gasteiger partial charge in [-0.3, -0.25) is 4.79 Å². The number of methoxy groups -OCH3 is 1. The zero-order chi connectivity index (χ0) is 19.9. The van der Waals surface area contributed by atoms with E-state index in [0.29, 0.717) is 16.9 Å². The molecule has 4 rings (SSSR count). The average Bonchev–Trinajstić information content (AvgIpc) is 3.30. The molecule has 0 spiro atoms. The van der Waals surface area contributed by atoms with Crippen LogP contribution < -0.4 is 10.3 Å². The summed E-state index contributed by atoms with van der Waals surface area (Å²) in [6.45, 7) is 0. The second kappa shape index (κ2) is 7.21. The number of aromatic amines is 1. The van der Waals surface area contributed by atoms with E-state index < -0.39 is 14.6 Å². The summed E-state index contributed by atoms with van der Waals surface area (Å²) in [4.78, 5) is 19.5. The van der Waals surface area contributed by atoms with Crippen molar-refractivity contribution in [1.29, 1.82) is 0 Å². The lowest BCUT2D eigenvalue weighted by molar-refractivity contribution is 0.403. The van der Waals surface area contributed by atoms with Gasteiger partial charge < -0.3 is 14.2 Å². The lowest BCUT2D eigenvalue weighted by atomic mass is 10.0. The molecule has 8 nitrogen and oxygen atoms in total. The Labute approximate surface area is 165 Å². The molecule has 2 aromatic heterocycles. The van der Waals surface area contributed by atoms with Crippen LogP contribution in [-0.4, -0.2) is 30.7 Å². The molecular formula is C18H18ClN3O5S. The molecule has 1 fully saturated rings. The van der Waals surface area contributed by atoms with E-state index in [9.17, 15) is 13.2 Å². The molecule has 0 atom stereocenters. The first-order valence-electron chi connectivity index (χ1n) is 8.87. The van der Waals surface area contributed by atoms with Crippen molar-refractivity contribution in [3.63, 3.8) is 0 Å². The van der Waals surface area contributed by atoms with Crippen molar-refractivity contribution in [2.24, 2.45) is 0 Å². The van der Waals surface area contributed by atoms with E-state index in [1.54, 1.807) is 6.07 Å². The second-order valence-corrected chi connectivity index (χ2v) is 9.37. The number of aromatic nitrogens is 3. The number of hydrogen-bond acceptors (Lipinski definition) is 7. The van der Waals surface area contributed by atoms with E-state index in [1.165, 1.54) is 19.2 Å². The molecule has 0 saturated heterocycles. The highest BCUT2D eigenvalue weighted by Crippen LogP contribution is 2.36. The van der Waals surface area contributed by atoms with Crippen LogP contribution in [-0.2, 0) is 15.5 Å². The van der Waals surface area contributed by atoms with Gasteiger partial charge >= 0.3 is 0 Å². The highest BCUT2D eigenvalue weighted by molar-refractivity contribution is 8.13. The molecule has 1 aromatic carbocycles. The Bertz CT molecular complexity index is 1200. The predicted molar refractivity (Wildman–Crippen MR) is 102 cm³/mol. The van der Waals surface area contributed by atoms with Crippen LogP contribution in [0.15, 0.2) is 32.4 Å². The fraction of sp³-hybridized carbons (Fsp3) is 0.389. The highest BCUT2D eigenvalue weighted by atomic mass is 35.7. The number of rotatable bonds is 5. The number of ether oxygens (including phenoxy) is 1. The van der Waals surface area contributed by atoms with Gasteiger partial charge in [0.1, 0.15) is 27.7 Å². The van der Waals surface area contributed by atoms with Crippen molar-refractivity contribution in [2.75, 3.05) is 7.11 Å². The van der Waals surface area contributed by atoms with Gasteiger partial charge in [-0.05, 0) is 30.5 Å². The third kappa shape index (κ3) is 3.51. The summed E-state index contributed by atoms with van der Waals surface area (Å²) in [7, 11) is 2.88. The molecule has 28 heavy (non-hydrogen) atoms. The van der Waals surface area contributed by atoms with Crippen LogP contribution >= 0.6 is 10.7 Å². The first-order valence-corrected chi connectivity index (χ1v) is 11.2. The molecule has 1 N–H and O–H groups in total. The fourth-order valence-electron chi connectivity index (χ4n) is 3.67. The number of halogens is 1. The van der Waals surface area contributed by atoms with Gasteiger partial charge in [0.15, 0.2) is 0 Å². The molecule has 0 radical (unpaired) electrons. The smallest absolute Gasteiger partial charge is 0.297 e. The summed E-state index contributed by atoms with van der Waals surface area (Å²) in [5.41, 5.74) is 1.52. The van der Waals surface area contributed by atoms with E-state index in [2.05, 4.69) is 15.1 Å². The minimum atomic E-state index is -3.98. The van der Waals surface area contributed by atoms with E-state index in [0.717, 1.165) is 31.4 Å². The molecular weight excluding hydrogens is 406 g/mol. The minimum absolute atomic E-state index is 0.115. The molecule has 0 aliphatic heterocycles.